The van der Waals surface area contributed by atoms with Crippen LogP contribution in [0.5, 0.6) is 0 Å². The molecule has 0 spiro atoms. The van der Waals surface area contributed by atoms with Crippen molar-refractivity contribution in [3.63, 3.8) is 0 Å². The van der Waals surface area contributed by atoms with Gasteiger partial charge in [0, 0.05) is 38.8 Å². The van der Waals surface area contributed by atoms with E-state index in [0.717, 1.165) is 5.56 Å². The highest BCUT2D eigenvalue weighted by atomic mass is 32.2. The molecule has 8 heteroatoms. The molecular formula is C19H25N3O4S. The summed E-state index contributed by atoms with van der Waals surface area (Å²) in [6.07, 6.45) is 2.67. The number of piperazine rings is 1. The van der Waals surface area contributed by atoms with Gasteiger partial charge in [0.2, 0.25) is 10.0 Å². The minimum Gasteiger partial charge on any atom is -0.330 e. The standard InChI is InChI=1S/C19H25N3O4S/c1-3-9-20-12-13-22(19(24)18(20)23)16-7-10-21(11-8-16)27(25,26)17-6-4-5-15(2)14-17/h3-6,14,16H,1,7-13H2,2H3. The maximum atomic E-state index is 12.8. The molecule has 146 valence electrons. The molecule has 3 rings (SSSR count). The zero-order valence-corrected chi connectivity index (χ0v) is 16.3. The fourth-order valence-electron chi connectivity index (χ4n) is 3.69. The summed E-state index contributed by atoms with van der Waals surface area (Å²) in [6.45, 7) is 7.48. The van der Waals surface area contributed by atoms with E-state index < -0.39 is 21.8 Å². The summed E-state index contributed by atoms with van der Waals surface area (Å²) in [7, 11) is -3.54. The molecule has 0 unspecified atom stereocenters. The molecule has 0 bridgehead atoms. The van der Waals surface area contributed by atoms with Gasteiger partial charge in [-0.2, -0.15) is 4.31 Å². The molecule has 0 aromatic heterocycles. The van der Waals surface area contributed by atoms with Gasteiger partial charge in [0.25, 0.3) is 0 Å². The maximum Gasteiger partial charge on any atom is 0.312 e. The molecule has 2 amide bonds. The summed E-state index contributed by atoms with van der Waals surface area (Å²) in [6, 6.07) is 6.77. The normalized spacial score (nSPS) is 20.2. The number of rotatable bonds is 5. The molecule has 2 aliphatic heterocycles. The Morgan fingerprint density at radius 1 is 1.11 bits per heavy atom. The lowest BCUT2D eigenvalue weighted by atomic mass is 10.0. The lowest BCUT2D eigenvalue weighted by Crippen LogP contribution is -2.59. The van der Waals surface area contributed by atoms with E-state index >= 15 is 0 Å². The van der Waals surface area contributed by atoms with E-state index in [-0.39, 0.29) is 6.04 Å². The molecule has 2 heterocycles. The minimum atomic E-state index is -3.54. The number of sulfonamides is 1. The van der Waals surface area contributed by atoms with Gasteiger partial charge in [-0.05, 0) is 37.5 Å². The van der Waals surface area contributed by atoms with Crippen LogP contribution < -0.4 is 0 Å². The first-order valence-corrected chi connectivity index (χ1v) is 10.6. The van der Waals surface area contributed by atoms with E-state index in [1.165, 1.54) is 9.21 Å². The molecule has 1 aromatic rings. The number of hydrogen-bond donors (Lipinski definition) is 0. The second-order valence-corrected chi connectivity index (χ2v) is 8.93. The van der Waals surface area contributed by atoms with Crippen LogP contribution in [0.1, 0.15) is 18.4 Å². The van der Waals surface area contributed by atoms with Crippen molar-refractivity contribution in [3.05, 3.63) is 42.5 Å². The summed E-state index contributed by atoms with van der Waals surface area (Å²) in [5.41, 5.74) is 0.896. The molecule has 0 N–H and O–H groups in total. The molecule has 2 saturated heterocycles. The van der Waals surface area contributed by atoms with E-state index in [9.17, 15) is 18.0 Å². The van der Waals surface area contributed by atoms with E-state index in [4.69, 9.17) is 0 Å². The first kappa shape index (κ1) is 19.6. The minimum absolute atomic E-state index is 0.101. The highest BCUT2D eigenvalue weighted by Gasteiger charge is 2.38. The van der Waals surface area contributed by atoms with Gasteiger partial charge in [0.1, 0.15) is 0 Å². The summed E-state index contributed by atoms with van der Waals surface area (Å²) in [5, 5.41) is 0. The fraction of sp³-hybridized carbons (Fsp3) is 0.474. The van der Waals surface area contributed by atoms with Crippen LogP contribution in [0.15, 0.2) is 41.8 Å². The monoisotopic (exact) mass is 391 g/mol. The van der Waals surface area contributed by atoms with Crippen LogP contribution in [-0.2, 0) is 19.6 Å². The van der Waals surface area contributed by atoms with Crippen LogP contribution in [-0.4, -0.2) is 73.1 Å². The smallest absolute Gasteiger partial charge is 0.312 e. The van der Waals surface area contributed by atoms with Crippen LogP contribution in [0.3, 0.4) is 0 Å². The van der Waals surface area contributed by atoms with Crippen molar-refractivity contribution in [3.8, 4) is 0 Å². The van der Waals surface area contributed by atoms with Crippen molar-refractivity contribution in [2.75, 3.05) is 32.7 Å². The predicted molar refractivity (Wildman–Crippen MR) is 101 cm³/mol. The second-order valence-electron chi connectivity index (χ2n) is 6.99. The van der Waals surface area contributed by atoms with Crippen molar-refractivity contribution in [1.29, 1.82) is 0 Å². The third-order valence-electron chi connectivity index (χ3n) is 5.18. The average Bonchev–Trinajstić information content (AvgIpc) is 2.66. The third-order valence-corrected chi connectivity index (χ3v) is 7.08. The fourth-order valence-corrected chi connectivity index (χ4v) is 5.26. The number of piperidine rings is 1. The Morgan fingerprint density at radius 2 is 1.81 bits per heavy atom. The van der Waals surface area contributed by atoms with E-state index in [1.54, 1.807) is 29.2 Å². The summed E-state index contributed by atoms with van der Waals surface area (Å²) in [4.78, 5) is 28.0. The van der Waals surface area contributed by atoms with Crippen LogP contribution in [0.4, 0.5) is 0 Å². The van der Waals surface area contributed by atoms with Gasteiger partial charge in [0.15, 0.2) is 0 Å². The average molecular weight is 391 g/mol. The van der Waals surface area contributed by atoms with Gasteiger partial charge in [0.05, 0.1) is 4.90 Å². The molecule has 2 aliphatic rings. The van der Waals surface area contributed by atoms with E-state index in [1.807, 2.05) is 13.0 Å². The number of carbonyl (C=O) groups is 2. The van der Waals surface area contributed by atoms with E-state index in [0.29, 0.717) is 50.5 Å². The number of benzene rings is 1. The number of carbonyl (C=O) groups excluding carboxylic acids is 2. The largest absolute Gasteiger partial charge is 0.330 e. The quantitative estimate of drug-likeness (QED) is 0.554. The Hall–Kier alpha value is -2.19. The highest BCUT2D eigenvalue weighted by molar-refractivity contribution is 7.89. The van der Waals surface area contributed by atoms with Crippen molar-refractivity contribution in [1.82, 2.24) is 14.1 Å². The molecule has 0 aliphatic carbocycles. The van der Waals surface area contributed by atoms with Gasteiger partial charge in [-0.15, -0.1) is 6.58 Å². The number of nitrogens with zero attached hydrogens (tertiary/aromatic N) is 3. The molecule has 0 radical (unpaired) electrons. The molecule has 0 atom stereocenters. The Balaban J connectivity index is 1.65. The number of amides is 2. The maximum absolute atomic E-state index is 12.8. The SMILES string of the molecule is C=CCN1CCN(C2CCN(S(=O)(=O)c3cccc(C)c3)CC2)C(=O)C1=O. The Bertz CT molecular complexity index is 844. The first-order chi connectivity index (χ1) is 12.8. The van der Waals surface area contributed by atoms with Crippen molar-refractivity contribution in [2.45, 2.75) is 30.7 Å². The zero-order chi connectivity index (χ0) is 19.6. The zero-order valence-electron chi connectivity index (χ0n) is 15.5. The van der Waals surface area contributed by atoms with Crippen molar-refractivity contribution < 1.29 is 18.0 Å². The second kappa shape index (κ2) is 7.82. The molecular weight excluding hydrogens is 366 g/mol. The topological polar surface area (TPSA) is 78.0 Å². The molecule has 1 aromatic carbocycles. The number of hydrogen-bond acceptors (Lipinski definition) is 4. The van der Waals surface area contributed by atoms with Gasteiger partial charge in [-0.3, -0.25) is 9.59 Å². The Morgan fingerprint density at radius 3 is 2.44 bits per heavy atom. The summed E-state index contributed by atoms with van der Waals surface area (Å²) >= 11 is 0. The molecule has 7 nitrogen and oxygen atoms in total. The lowest BCUT2D eigenvalue weighted by molar-refractivity contribution is -0.157. The summed E-state index contributed by atoms with van der Waals surface area (Å²) < 4.78 is 27.1. The summed E-state index contributed by atoms with van der Waals surface area (Å²) in [5.74, 6) is -1.00. The van der Waals surface area contributed by atoms with Crippen LogP contribution in [0, 0.1) is 6.92 Å². The van der Waals surface area contributed by atoms with Crippen LogP contribution in [0.25, 0.3) is 0 Å². The molecule has 27 heavy (non-hydrogen) atoms. The van der Waals surface area contributed by atoms with Gasteiger partial charge >= 0.3 is 11.8 Å². The third kappa shape index (κ3) is 3.91. The van der Waals surface area contributed by atoms with Crippen molar-refractivity contribution in [2.24, 2.45) is 0 Å². The molecule has 2 fully saturated rings. The van der Waals surface area contributed by atoms with Gasteiger partial charge in [-0.25, -0.2) is 8.42 Å². The Kier molecular flexibility index (Phi) is 5.67. The van der Waals surface area contributed by atoms with Crippen LogP contribution in [0.2, 0.25) is 0 Å². The van der Waals surface area contributed by atoms with Crippen molar-refractivity contribution >= 4 is 21.8 Å². The van der Waals surface area contributed by atoms with Gasteiger partial charge in [-0.1, -0.05) is 18.2 Å². The Labute approximate surface area is 160 Å². The first-order valence-electron chi connectivity index (χ1n) is 9.12. The highest BCUT2D eigenvalue weighted by Crippen LogP contribution is 2.25. The predicted octanol–water partition coefficient (Wildman–Crippen LogP) is 1.00. The number of aryl methyl sites for hydroxylation is 1. The van der Waals surface area contributed by atoms with Gasteiger partial charge < -0.3 is 9.80 Å². The lowest BCUT2D eigenvalue weighted by Gasteiger charge is -2.41. The van der Waals surface area contributed by atoms with Crippen LogP contribution >= 0.6 is 0 Å². The molecule has 0 saturated carbocycles. The van der Waals surface area contributed by atoms with E-state index in [2.05, 4.69) is 6.58 Å².